The quantitative estimate of drug-likeness (QED) is 0.581. The first-order valence-corrected chi connectivity index (χ1v) is 7.82. The molecule has 1 aliphatic heterocycles. The smallest absolute Gasteiger partial charge is 0.338 e. The molecule has 0 spiro atoms. The van der Waals surface area contributed by atoms with Gasteiger partial charge in [0.05, 0.1) is 25.3 Å². The summed E-state index contributed by atoms with van der Waals surface area (Å²) in [6.07, 6.45) is 3.53. The number of urea groups is 1. The molecule has 7 nitrogen and oxygen atoms in total. The van der Waals surface area contributed by atoms with Crippen LogP contribution in [-0.4, -0.2) is 45.5 Å². The first kappa shape index (κ1) is 18.5. The number of methoxy groups -OCH3 is 2. The van der Waals surface area contributed by atoms with Crippen LogP contribution in [0.15, 0.2) is 41.6 Å². The van der Waals surface area contributed by atoms with Gasteiger partial charge in [-0.05, 0) is 13.0 Å². The van der Waals surface area contributed by atoms with Gasteiger partial charge in [0, 0.05) is 18.4 Å². The third-order valence-electron chi connectivity index (χ3n) is 3.65. The number of benzene rings is 1. The fraction of sp³-hybridized carbons (Fsp3) is 0.333. The Labute approximate surface area is 146 Å². The van der Waals surface area contributed by atoms with E-state index < -0.39 is 12.0 Å². The molecular weight excluding hydrogens is 324 g/mol. The van der Waals surface area contributed by atoms with E-state index in [2.05, 4.69) is 10.6 Å². The summed E-state index contributed by atoms with van der Waals surface area (Å²) in [6, 6.07) is 6.48. The summed E-state index contributed by atoms with van der Waals surface area (Å²) >= 11 is 0. The van der Waals surface area contributed by atoms with Crippen LogP contribution in [0.1, 0.15) is 12.5 Å². The second-order valence-corrected chi connectivity index (χ2v) is 5.34. The number of amides is 2. The van der Waals surface area contributed by atoms with Gasteiger partial charge < -0.3 is 24.8 Å². The Morgan fingerprint density at radius 1 is 1.24 bits per heavy atom. The molecular formula is C18H22N2O5. The number of hydrogen-bond donors (Lipinski definition) is 2. The molecule has 134 valence electrons. The summed E-state index contributed by atoms with van der Waals surface area (Å²) in [7, 11) is 3.11. The van der Waals surface area contributed by atoms with Crippen LogP contribution in [0.3, 0.4) is 0 Å². The SMILES string of the molecule is COCCOC(=O)C1=C(C)NC(=O)N[C@H]1/C=C/c1ccccc1OC. The second-order valence-electron chi connectivity index (χ2n) is 5.34. The Hall–Kier alpha value is -2.80. The van der Waals surface area contributed by atoms with Gasteiger partial charge in [-0.2, -0.15) is 0 Å². The molecule has 1 heterocycles. The lowest BCUT2D eigenvalue weighted by molar-refractivity contribution is -0.140. The lowest BCUT2D eigenvalue weighted by Crippen LogP contribution is -2.49. The molecule has 0 unspecified atom stereocenters. The molecule has 2 N–H and O–H groups in total. The monoisotopic (exact) mass is 346 g/mol. The van der Waals surface area contributed by atoms with E-state index in [1.165, 1.54) is 7.11 Å². The average Bonchev–Trinajstić information content (AvgIpc) is 2.59. The van der Waals surface area contributed by atoms with Gasteiger partial charge in [-0.3, -0.25) is 0 Å². The van der Waals surface area contributed by atoms with Crippen molar-refractivity contribution in [2.24, 2.45) is 0 Å². The third-order valence-corrected chi connectivity index (χ3v) is 3.65. The fourth-order valence-electron chi connectivity index (χ4n) is 2.44. The summed E-state index contributed by atoms with van der Waals surface area (Å²) in [5.74, 6) is 0.195. The molecule has 0 bridgehead atoms. The number of esters is 1. The van der Waals surface area contributed by atoms with Gasteiger partial charge in [-0.15, -0.1) is 0 Å². The van der Waals surface area contributed by atoms with E-state index in [0.29, 0.717) is 23.6 Å². The molecule has 2 rings (SSSR count). The lowest BCUT2D eigenvalue weighted by Gasteiger charge is -2.25. The van der Waals surface area contributed by atoms with Crippen molar-refractivity contribution in [2.75, 3.05) is 27.4 Å². The molecule has 1 aliphatic rings. The molecule has 25 heavy (non-hydrogen) atoms. The first-order chi connectivity index (χ1) is 12.1. The predicted octanol–water partition coefficient (Wildman–Crippen LogP) is 1.85. The molecule has 7 heteroatoms. The van der Waals surface area contributed by atoms with Gasteiger partial charge in [0.25, 0.3) is 0 Å². The number of allylic oxidation sites excluding steroid dienone is 1. The van der Waals surface area contributed by atoms with Crippen molar-refractivity contribution in [3.8, 4) is 5.75 Å². The number of nitrogens with one attached hydrogen (secondary N) is 2. The van der Waals surface area contributed by atoms with Crippen LogP contribution in [0.25, 0.3) is 6.08 Å². The molecule has 0 saturated carbocycles. The minimum atomic E-state index is -0.603. The average molecular weight is 346 g/mol. The van der Waals surface area contributed by atoms with Crippen LogP contribution < -0.4 is 15.4 Å². The van der Waals surface area contributed by atoms with Crippen LogP contribution in [0.2, 0.25) is 0 Å². The maximum atomic E-state index is 12.3. The van der Waals surface area contributed by atoms with E-state index in [0.717, 1.165) is 5.56 Å². The highest BCUT2D eigenvalue weighted by Gasteiger charge is 2.29. The Kier molecular flexibility index (Phi) is 6.59. The highest BCUT2D eigenvalue weighted by atomic mass is 16.6. The van der Waals surface area contributed by atoms with Gasteiger partial charge in [-0.1, -0.05) is 30.4 Å². The second kappa shape index (κ2) is 8.89. The van der Waals surface area contributed by atoms with Gasteiger partial charge >= 0.3 is 12.0 Å². The Morgan fingerprint density at radius 2 is 2.00 bits per heavy atom. The number of ether oxygens (including phenoxy) is 3. The number of carbonyl (C=O) groups is 2. The van der Waals surface area contributed by atoms with E-state index >= 15 is 0 Å². The topological polar surface area (TPSA) is 85.9 Å². The summed E-state index contributed by atoms with van der Waals surface area (Å²) in [6.45, 7) is 2.11. The van der Waals surface area contributed by atoms with Gasteiger partial charge in [0.2, 0.25) is 0 Å². The largest absolute Gasteiger partial charge is 0.496 e. The van der Waals surface area contributed by atoms with E-state index in [-0.39, 0.29) is 12.6 Å². The summed E-state index contributed by atoms with van der Waals surface area (Å²) in [5, 5.41) is 5.30. The highest BCUT2D eigenvalue weighted by molar-refractivity contribution is 5.95. The van der Waals surface area contributed by atoms with Gasteiger partial charge in [-0.25, -0.2) is 9.59 Å². The Morgan fingerprint density at radius 3 is 2.72 bits per heavy atom. The van der Waals surface area contributed by atoms with Crippen molar-refractivity contribution in [2.45, 2.75) is 13.0 Å². The Balaban J connectivity index is 2.23. The van der Waals surface area contributed by atoms with E-state index in [1.807, 2.05) is 24.3 Å². The molecule has 1 aromatic carbocycles. The maximum Gasteiger partial charge on any atom is 0.338 e. The lowest BCUT2D eigenvalue weighted by atomic mass is 10.0. The molecule has 1 atom stereocenters. The normalized spacial score (nSPS) is 17.2. The zero-order chi connectivity index (χ0) is 18.2. The zero-order valence-corrected chi connectivity index (χ0v) is 14.5. The number of para-hydroxylation sites is 1. The molecule has 0 aliphatic carbocycles. The molecule has 0 saturated heterocycles. The van der Waals surface area contributed by atoms with Crippen LogP contribution in [0.4, 0.5) is 4.79 Å². The van der Waals surface area contributed by atoms with Gasteiger partial charge in [0.1, 0.15) is 12.4 Å². The minimum absolute atomic E-state index is 0.142. The summed E-state index contributed by atoms with van der Waals surface area (Å²) in [5.41, 5.74) is 1.64. The highest BCUT2D eigenvalue weighted by Crippen LogP contribution is 2.21. The molecule has 2 amide bonds. The van der Waals surface area contributed by atoms with Crippen molar-refractivity contribution in [3.63, 3.8) is 0 Å². The standard InChI is InChI=1S/C18H22N2O5/c1-12-16(17(21)25-11-10-23-2)14(20-18(22)19-12)9-8-13-6-4-5-7-15(13)24-3/h4-9,14H,10-11H2,1-3H3,(H2,19,20,22)/b9-8+/t14-/m0/s1. The summed E-state index contributed by atoms with van der Waals surface area (Å²) < 4.78 is 15.4. The van der Waals surface area contributed by atoms with Crippen LogP contribution in [0, 0.1) is 0 Å². The summed E-state index contributed by atoms with van der Waals surface area (Å²) in [4.78, 5) is 24.1. The molecule has 1 aromatic rings. The van der Waals surface area contributed by atoms with Crippen LogP contribution >= 0.6 is 0 Å². The zero-order valence-electron chi connectivity index (χ0n) is 14.5. The number of hydrogen-bond acceptors (Lipinski definition) is 5. The van der Waals surface area contributed by atoms with Crippen molar-refractivity contribution in [1.82, 2.24) is 10.6 Å². The molecule has 0 aromatic heterocycles. The van der Waals surface area contributed by atoms with E-state index in [1.54, 1.807) is 26.2 Å². The van der Waals surface area contributed by atoms with Crippen LogP contribution in [0.5, 0.6) is 5.75 Å². The van der Waals surface area contributed by atoms with Crippen molar-refractivity contribution < 1.29 is 23.8 Å². The number of rotatable bonds is 7. The van der Waals surface area contributed by atoms with E-state index in [4.69, 9.17) is 14.2 Å². The Bertz CT molecular complexity index is 696. The van der Waals surface area contributed by atoms with Crippen molar-refractivity contribution >= 4 is 18.1 Å². The minimum Gasteiger partial charge on any atom is -0.496 e. The molecule has 0 fully saturated rings. The fourth-order valence-corrected chi connectivity index (χ4v) is 2.44. The number of carbonyl (C=O) groups excluding carboxylic acids is 2. The first-order valence-electron chi connectivity index (χ1n) is 7.82. The third kappa shape index (κ3) is 4.84. The van der Waals surface area contributed by atoms with Gasteiger partial charge in [0.15, 0.2) is 0 Å². The molecule has 0 radical (unpaired) electrons. The van der Waals surface area contributed by atoms with E-state index in [9.17, 15) is 9.59 Å². The van der Waals surface area contributed by atoms with Crippen molar-refractivity contribution in [3.05, 3.63) is 47.2 Å². The van der Waals surface area contributed by atoms with Crippen molar-refractivity contribution in [1.29, 1.82) is 0 Å². The predicted molar refractivity (Wildman–Crippen MR) is 93.0 cm³/mol. The van der Waals surface area contributed by atoms with Crippen LogP contribution in [-0.2, 0) is 14.3 Å². The maximum absolute atomic E-state index is 12.3.